The molecule has 0 radical (unpaired) electrons. The van der Waals surface area contributed by atoms with Crippen LogP contribution < -0.4 is 5.32 Å². The SMILES string of the molecule is CCS(=O)CCNC(COC)C(C)C. The largest absolute Gasteiger partial charge is 0.383 e. The fourth-order valence-electron chi connectivity index (χ4n) is 1.17. The Morgan fingerprint density at radius 3 is 2.50 bits per heavy atom. The van der Waals surface area contributed by atoms with E-state index in [-0.39, 0.29) is 0 Å². The summed E-state index contributed by atoms with van der Waals surface area (Å²) >= 11 is 0. The Hall–Kier alpha value is 0.0700. The molecule has 3 nitrogen and oxygen atoms in total. The van der Waals surface area contributed by atoms with Gasteiger partial charge in [0.15, 0.2) is 0 Å². The number of hydrogen-bond donors (Lipinski definition) is 1. The summed E-state index contributed by atoms with van der Waals surface area (Å²) in [5.74, 6) is 2.03. The molecular weight excluding hydrogens is 198 g/mol. The van der Waals surface area contributed by atoms with Crippen molar-refractivity contribution >= 4 is 10.8 Å². The Bertz CT molecular complexity index is 162. The lowest BCUT2D eigenvalue weighted by Crippen LogP contribution is -2.39. The molecule has 0 saturated carbocycles. The summed E-state index contributed by atoms with van der Waals surface area (Å²) in [6.45, 7) is 7.80. The van der Waals surface area contributed by atoms with E-state index in [4.69, 9.17) is 4.74 Å². The topological polar surface area (TPSA) is 38.3 Å². The number of rotatable bonds is 8. The molecule has 0 fully saturated rings. The molecule has 1 N–H and O–H groups in total. The van der Waals surface area contributed by atoms with Crippen molar-refractivity contribution in [2.45, 2.75) is 26.8 Å². The molecule has 2 unspecified atom stereocenters. The third-order valence-electron chi connectivity index (χ3n) is 2.21. The normalized spacial score (nSPS) is 15.8. The Morgan fingerprint density at radius 2 is 2.07 bits per heavy atom. The van der Waals surface area contributed by atoms with Crippen molar-refractivity contribution in [1.29, 1.82) is 0 Å². The van der Waals surface area contributed by atoms with Gasteiger partial charge in [-0.05, 0) is 5.92 Å². The van der Waals surface area contributed by atoms with Gasteiger partial charge in [-0.1, -0.05) is 20.8 Å². The minimum Gasteiger partial charge on any atom is -0.383 e. The van der Waals surface area contributed by atoms with Crippen LogP contribution in [0.1, 0.15) is 20.8 Å². The van der Waals surface area contributed by atoms with Crippen LogP contribution in [0.2, 0.25) is 0 Å². The second kappa shape index (κ2) is 8.38. The van der Waals surface area contributed by atoms with Crippen LogP contribution in [-0.4, -0.2) is 42.0 Å². The van der Waals surface area contributed by atoms with E-state index >= 15 is 0 Å². The molecule has 86 valence electrons. The van der Waals surface area contributed by atoms with Gasteiger partial charge in [0.05, 0.1) is 6.61 Å². The molecule has 0 aromatic rings. The quantitative estimate of drug-likeness (QED) is 0.665. The lowest BCUT2D eigenvalue weighted by atomic mass is 10.1. The van der Waals surface area contributed by atoms with Crippen molar-refractivity contribution < 1.29 is 8.95 Å². The van der Waals surface area contributed by atoms with Gasteiger partial charge in [0, 0.05) is 42.0 Å². The molecule has 14 heavy (non-hydrogen) atoms. The first kappa shape index (κ1) is 14.1. The highest BCUT2D eigenvalue weighted by Gasteiger charge is 2.11. The van der Waals surface area contributed by atoms with Gasteiger partial charge < -0.3 is 10.1 Å². The van der Waals surface area contributed by atoms with Crippen molar-refractivity contribution in [3.63, 3.8) is 0 Å². The number of nitrogens with one attached hydrogen (secondary N) is 1. The molecule has 0 amide bonds. The minimum absolute atomic E-state index is 0.369. The van der Waals surface area contributed by atoms with Crippen molar-refractivity contribution in [3.05, 3.63) is 0 Å². The summed E-state index contributed by atoms with van der Waals surface area (Å²) in [4.78, 5) is 0. The zero-order valence-electron chi connectivity index (χ0n) is 9.71. The van der Waals surface area contributed by atoms with E-state index in [9.17, 15) is 4.21 Å². The van der Waals surface area contributed by atoms with Crippen LogP contribution in [-0.2, 0) is 15.5 Å². The molecule has 0 bridgehead atoms. The van der Waals surface area contributed by atoms with Crippen LogP contribution in [0.25, 0.3) is 0 Å². The lowest BCUT2D eigenvalue weighted by Gasteiger charge is -2.21. The Labute approximate surface area is 90.1 Å². The molecule has 0 heterocycles. The first-order valence-electron chi connectivity index (χ1n) is 5.19. The summed E-state index contributed by atoms with van der Waals surface area (Å²) in [5, 5.41) is 3.37. The maximum Gasteiger partial charge on any atom is 0.0618 e. The maximum absolute atomic E-state index is 11.2. The van der Waals surface area contributed by atoms with Gasteiger partial charge in [0.2, 0.25) is 0 Å². The molecule has 2 atom stereocenters. The number of hydrogen-bond acceptors (Lipinski definition) is 3. The maximum atomic E-state index is 11.2. The predicted molar refractivity (Wildman–Crippen MR) is 62.1 cm³/mol. The molecule has 0 spiro atoms. The fraction of sp³-hybridized carbons (Fsp3) is 1.00. The number of methoxy groups -OCH3 is 1. The second-order valence-corrected chi connectivity index (χ2v) is 5.56. The van der Waals surface area contributed by atoms with E-state index in [0.717, 1.165) is 24.7 Å². The molecular formula is C10H23NO2S. The van der Waals surface area contributed by atoms with E-state index in [2.05, 4.69) is 19.2 Å². The fourth-order valence-corrected chi connectivity index (χ4v) is 1.80. The first-order chi connectivity index (χ1) is 6.61. The third-order valence-corrected chi connectivity index (χ3v) is 3.51. The van der Waals surface area contributed by atoms with Gasteiger partial charge >= 0.3 is 0 Å². The molecule has 0 aliphatic carbocycles. The van der Waals surface area contributed by atoms with Gasteiger partial charge in [-0.15, -0.1) is 0 Å². The van der Waals surface area contributed by atoms with Crippen molar-refractivity contribution in [2.75, 3.05) is 31.8 Å². The Morgan fingerprint density at radius 1 is 1.43 bits per heavy atom. The predicted octanol–water partition coefficient (Wildman–Crippen LogP) is 1.02. The Balaban J connectivity index is 3.65. The molecule has 0 aromatic heterocycles. The van der Waals surface area contributed by atoms with Gasteiger partial charge in [0.25, 0.3) is 0 Å². The van der Waals surface area contributed by atoms with Crippen LogP contribution >= 0.6 is 0 Å². The van der Waals surface area contributed by atoms with Crippen molar-refractivity contribution in [3.8, 4) is 0 Å². The zero-order chi connectivity index (χ0) is 11.0. The van der Waals surface area contributed by atoms with E-state index < -0.39 is 10.8 Å². The van der Waals surface area contributed by atoms with Crippen LogP contribution in [0.5, 0.6) is 0 Å². The molecule has 0 aliphatic heterocycles. The highest BCUT2D eigenvalue weighted by molar-refractivity contribution is 7.84. The molecule has 0 rings (SSSR count). The van der Waals surface area contributed by atoms with Crippen LogP contribution in [0.4, 0.5) is 0 Å². The van der Waals surface area contributed by atoms with Gasteiger partial charge in [-0.25, -0.2) is 0 Å². The highest BCUT2D eigenvalue weighted by Crippen LogP contribution is 2.01. The minimum atomic E-state index is -0.664. The first-order valence-corrected chi connectivity index (χ1v) is 6.67. The molecule has 0 aromatic carbocycles. The average Bonchev–Trinajstić information content (AvgIpc) is 2.16. The monoisotopic (exact) mass is 221 g/mol. The van der Waals surface area contributed by atoms with E-state index in [1.54, 1.807) is 7.11 Å². The molecule has 0 aliphatic rings. The van der Waals surface area contributed by atoms with Crippen LogP contribution in [0.3, 0.4) is 0 Å². The van der Waals surface area contributed by atoms with Crippen molar-refractivity contribution in [2.24, 2.45) is 5.92 Å². The second-order valence-electron chi connectivity index (χ2n) is 3.69. The molecule has 0 saturated heterocycles. The van der Waals surface area contributed by atoms with E-state index in [0.29, 0.717) is 12.0 Å². The molecule has 4 heteroatoms. The van der Waals surface area contributed by atoms with Gasteiger partial charge in [-0.2, -0.15) is 0 Å². The van der Waals surface area contributed by atoms with Gasteiger partial charge in [0.1, 0.15) is 0 Å². The summed E-state index contributed by atoms with van der Waals surface area (Å²) in [5.41, 5.74) is 0. The smallest absolute Gasteiger partial charge is 0.0618 e. The Kier molecular flexibility index (Phi) is 8.43. The van der Waals surface area contributed by atoms with Crippen LogP contribution in [0.15, 0.2) is 0 Å². The van der Waals surface area contributed by atoms with Crippen molar-refractivity contribution in [1.82, 2.24) is 5.32 Å². The zero-order valence-corrected chi connectivity index (χ0v) is 10.5. The summed E-state index contributed by atoms with van der Waals surface area (Å²) < 4.78 is 16.3. The summed E-state index contributed by atoms with van der Waals surface area (Å²) in [6.07, 6.45) is 0. The number of ether oxygens (including phenoxy) is 1. The third kappa shape index (κ3) is 6.51. The average molecular weight is 221 g/mol. The van der Waals surface area contributed by atoms with Crippen LogP contribution in [0, 0.1) is 5.92 Å². The standard InChI is InChI=1S/C10H23NO2S/c1-5-14(12)7-6-11-10(8-13-4)9(2)3/h9-11H,5-8H2,1-4H3. The van der Waals surface area contributed by atoms with E-state index in [1.165, 1.54) is 0 Å². The summed E-state index contributed by atoms with van der Waals surface area (Å²) in [6, 6.07) is 0.369. The van der Waals surface area contributed by atoms with E-state index in [1.807, 2.05) is 6.92 Å². The lowest BCUT2D eigenvalue weighted by molar-refractivity contribution is 0.148. The van der Waals surface area contributed by atoms with Gasteiger partial charge in [-0.3, -0.25) is 4.21 Å². The highest BCUT2D eigenvalue weighted by atomic mass is 32.2. The summed E-state index contributed by atoms with van der Waals surface area (Å²) in [7, 11) is 1.05.